The molecule has 0 aliphatic heterocycles. The smallest absolute Gasteiger partial charge is 0.0963 e. The van der Waals surface area contributed by atoms with Gasteiger partial charge in [-0.15, -0.1) is 11.3 Å². The van der Waals surface area contributed by atoms with E-state index in [1.54, 1.807) is 0 Å². The van der Waals surface area contributed by atoms with Crippen molar-refractivity contribution in [1.29, 1.82) is 0 Å². The Morgan fingerprint density at radius 3 is 2.55 bits per heavy atom. The zero-order valence-corrected chi connectivity index (χ0v) is 12.4. The molecule has 98 valence electrons. The average Bonchev–Trinajstić information content (AvgIpc) is 2.88. The van der Waals surface area contributed by atoms with E-state index in [1.807, 2.05) is 11.3 Å². The lowest BCUT2D eigenvalue weighted by atomic mass is 10.0. The van der Waals surface area contributed by atoms with Gasteiger partial charge in [-0.1, -0.05) is 50.2 Å². The van der Waals surface area contributed by atoms with Crippen LogP contribution in [0.5, 0.6) is 0 Å². The van der Waals surface area contributed by atoms with Crippen molar-refractivity contribution in [3.63, 3.8) is 0 Å². The van der Waals surface area contributed by atoms with E-state index in [0.717, 1.165) is 5.52 Å². The normalized spacial score (nSPS) is 11.9. The number of hydrogen-bond donors (Lipinski definition) is 0. The number of hydrogen-bond acceptors (Lipinski definition) is 2. The second kappa shape index (κ2) is 4.29. The minimum Gasteiger partial charge on any atom is -0.241 e. The molecule has 2 heteroatoms. The molecule has 0 bridgehead atoms. The van der Waals surface area contributed by atoms with Crippen LogP contribution in [0.4, 0.5) is 0 Å². The average molecular weight is 277 g/mol. The monoisotopic (exact) mass is 277 g/mol. The van der Waals surface area contributed by atoms with E-state index in [1.165, 1.54) is 31.3 Å². The van der Waals surface area contributed by atoms with Crippen molar-refractivity contribution >= 4 is 43.1 Å². The SMILES string of the molecule is CC(C)c1nc2cc3c(ccc4ccccc43)cc2s1. The standard InChI is InChI=1S/C18H15NS/c1-11(2)18-19-16-10-15-13(9-17(16)20-18)8-7-12-5-3-4-6-14(12)15/h3-11H,1-2H3. The second-order valence-electron chi connectivity index (χ2n) is 5.53. The molecule has 0 saturated carbocycles. The minimum atomic E-state index is 0.493. The van der Waals surface area contributed by atoms with Crippen LogP contribution in [0.2, 0.25) is 0 Å². The van der Waals surface area contributed by atoms with Gasteiger partial charge in [-0.2, -0.15) is 0 Å². The molecule has 0 amide bonds. The van der Waals surface area contributed by atoms with Crippen LogP contribution in [0.15, 0.2) is 48.5 Å². The number of benzene rings is 3. The van der Waals surface area contributed by atoms with E-state index >= 15 is 0 Å². The maximum Gasteiger partial charge on any atom is 0.0963 e. The fourth-order valence-corrected chi connectivity index (χ4v) is 3.69. The lowest BCUT2D eigenvalue weighted by molar-refractivity contribution is 0.857. The van der Waals surface area contributed by atoms with Gasteiger partial charge in [-0.3, -0.25) is 0 Å². The molecule has 3 aromatic carbocycles. The first-order chi connectivity index (χ1) is 9.72. The maximum absolute atomic E-state index is 4.79. The summed E-state index contributed by atoms with van der Waals surface area (Å²) < 4.78 is 1.29. The Balaban J connectivity index is 2.13. The summed E-state index contributed by atoms with van der Waals surface area (Å²) in [6.45, 7) is 4.40. The molecule has 1 aromatic heterocycles. The molecular weight excluding hydrogens is 262 g/mol. The fourth-order valence-electron chi connectivity index (χ4n) is 2.69. The molecule has 0 spiro atoms. The largest absolute Gasteiger partial charge is 0.241 e. The van der Waals surface area contributed by atoms with Crippen LogP contribution in [0, 0.1) is 0 Å². The van der Waals surface area contributed by atoms with Gasteiger partial charge in [0.05, 0.1) is 15.2 Å². The van der Waals surface area contributed by atoms with Gasteiger partial charge in [-0.25, -0.2) is 4.98 Å². The Labute approximate surface area is 121 Å². The molecule has 1 heterocycles. The highest BCUT2D eigenvalue weighted by molar-refractivity contribution is 7.18. The first kappa shape index (κ1) is 11.9. The Morgan fingerprint density at radius 2 is 1.70 bits per heavy atom. The van der Waals surface area contributed by atoms with Crippen LogP contribution in [-0.2, 0) is 0 Å². The molecule has 4 rings (SSSR count). The zero-order valence-electron chi connectivity index (χ0n) is 11.6. The second-order valence-corrected chi connectivity index (χ2v) is 6.60. The van der Waals surface area contributed by atoms with Crippen LogP contribution >= 0.6 is 11.3 Å². The molecule has 0 unspecified atom stereocenters. The molecule has 0 N–H and O–H groups in total. The van der Waals surface area contributed by atoms with Gasteiger partial charge in [0.25, 0.3) is 0 Å². The topological polar surface area (TPSA) is 12.9 Å². The first-order valence-corrected chi connectivity index (χ1v) is 7.76. The van der Waals surface area contributed by atoms with Crippen molar-refractivity contribution in [3.8, 4) is 0 Å². The Bertz CT molecular complexity index is 934. The van der Waals surface area contributed by atoms with E-state index in [9.17, 15) is 0 Å². The molecule has 4 aromatic rings. The first-order valence-electron chi connectivity index (χ1n) is 6.94. The zero-order chi connectivity index (χ0) is 13.7. The molecule has 0 radical (unpaired) electrons. The third kappa shape index (κ3) is 1.72. The van der Waals surface area contributed by atoms with Gasteiger partial charge in [-0.05, 0) is 33.7 Å². The van der Waals surface area contributed by atoms with Crippen LogP contribution in [-0.4, -0.2) is 4.98 Å². The van der Waals surface area contributed by atoms with E-state index < -0.39 is 0 Å². The highest BCUT2D eigenvalue weighted by atomic mass is 32.1. The van der Waals surface area contributed by atoms with Crippen molar-refractivity contribution in [3.05, 3.63) is 53.5 Å². The summed E-state index contributed by atoms with van der Waals surface area (Å²) in [4.78, 5) is 4.79. The summed E-state index contributed by atoms with van der Waals surface area (Å²) in [6.07, 6.45) is 0. The third-order valence-corrected chi connectivity index (χ3v) is 5.08. The van der Waals surface area contributed by atoms with Gasteiger partial charge >= 0.3 is 0 Å². The summed E-state index contributed by atoms with van der Waals surface area (Å²) >= 11 is 1.81. The molecular formula is C18H15NS. The summed E-state index contributed by atoms with van der Waals surface area (Å²) in [5.41, 5.74) is 1.13. The molecule has 0 atom stereocenters. The van der Waals surface area contributed by atoms with Crippen molar-refractivity contribution in [2.24, 2.45) is 0 Å². The van der Waals surface area contributed by atoms with Crippen LogP contribution < -0.4 is 0 Å². The van der Waals surface area contributed by atoms with E-state index in [-0.39, 0.29) is 0 Å². The Kier molecular flexibility index (Phi) is 2.54. The summed E-state index contributed by atoms with van der Waals surface area (Å²) in [7, 11) is 0. The molecule has 0 aliphatic rings. The lowest BCUT2D eigenvalue weighted by Gasteiger charge is -2.03. The number of aromatic nitrogens is 1. The van der Waals surface area contributed by atoms with Crippen LogP contribution in [0.3, 0.4) is 0 Å². The van der Waals surface area contributed by atoms with Crippen molar-refractivity contribution in [1.82, 2.24) is 4.98 Å². The molecule has 0 aliphatic carbocycles. The van der Waals surface area contributed by atoms with E-state index in [2.05, 4.69) is 62.4 Å². The summed E-state index contributed by atoms with van der Waals surface area (Å²) in [5.74, 6) is 0.493. The van der Waals surface area contributed by atoms with Crippen molar-refractivity contribution in [2.75, 3.05) is 0 Å². The maximum atomic E-state index is 4.79. The van der Waals surface area contributed by atoms with Gasteiger partial charge in [0, 0.05) is 5.92 Å². The lowest BCUT2D eigenvalue weighted by Crippen LogP contribution is -1.83. The van der Waals surface area contributed by atoms with Gasteiger partial charge in [0.15, 0.2) is 0 Å². The van der Waals surface area contributed by atoms with Crippen molar-refractivity contribution in [2.45, 2.75) is 19.8 Å². The number of nitrogens with zero attached hydrogens (tertiary/aromatic N) is 1. The third-order valence-electron chi connectivity index (χ3n) is 3.76. The summed E-state index contributed by atoms with van der Waals surface area (Å²) in [5, 5.41) is 6.43. The predicted molar refractivity (Wildman–Crippen MR) is 88.7 cm³/mol. The van der Waals surface area contributed by atoms with Crippen LogP contribution in [0.1, 0.15) is 24.8 Å². The van der Waals surface area contributed by atoms with Gasteiger partial charge in [0.2, 0.25) is 0 Å². The number of rotatable bonds is 1. The molecule has 20 heavy (non-hydrogen) atoms. The predicted octanol–water partition coefficient (Wildman–Crippen LogP) is 5.73. The quantitative estimate of drug-likeness (QED) is 0.405. The van der Waals surface area contributed by atoms with E-state index in [4.69, 9.17) is 4.98 Å². The molecule has 1 nitrogen and oxygen atoms in total. The van der Waals surface area contributed by atoms with E-state index in [0.29, 0.717) is 5.92 Å². The highest BCUT2D eigenvalue weighted by Gasteiger charge is 2.09. The summed E-state index contributed by atoms with van der Waals surface area (Å²) in [6, 6.07) is 17.5. The Morgan fingerprint density at radius 1 is 0.900 bits per heavy atom. The minimum absolute atomic E-state index is 0.493. The number of fused-ring (bicyclic) bond motifs is 4. The molecule has 0 fully saturated rings. The highest BCUT2D eigenvalue weighted by Crippen LogP contribution is 2.33. The number of thiazole rings is 1. The Hall–Kier alpha value is -1.93. The van der Waals surface area contributed by atoms with Gasteiger partial charge < -0.3 is 0 Å². The molecule has 0 saturated heterocycles. The fraction of sp³-hybridized carbons (Fsp3) is 0.167. The van der Waals surface area contributed by atoms with Crippen LogP contribution in [0.25, 0.3) is 31.8 Å². The van der Waals surface area contributed by atoms with Gasteiger partial charge in [0.1, 0.15) is 0 Å². The van der Waals surface area contributed by atoms with Crippen molar-refractivity contribution < 1.29 is 0 Å².